The number of aryl methyl sites for hydroxylation is 1. The van der Waals surface area contributed by atoms with Gasteiger partial charge in [-0.1, -0.05) is 0 Å². The van der Waals surface area contributed by atoms with E-state index in [9.17, 15) is 9.18 Å². The number of pyridine rings is 1. The van der Waals surface area contributed by atoms with Gasteiger partial charge < -0.3 is 0 Å². The van der Waals surface area contributed by atoms with E-state index in [1.807, 2.05) is 0 Å². The minimum absolute atomic E-state index is 0.164. The quantitative estimate of drug-likeness (QED) is 0.508. The Morgan fingerprint density at radius 2 is 2.30 bits per heavy atom. The van der Waals surface area contributed by atoms with Gasteiger partial charge >= 0.3 is 0 Å². The molecule has 1 aromatic heterocycles. The van der Waals surface area contributed by atoms with Crippen molar-refractivity contribution in [1.29, 1.82) is 0 Å². The zero-order valence-electron chi connectivity index (χ0n) is 5.31. The predicted molar refractivity (Wildman–Crippen MR) is 32.4 cm³/mol. The fourth-order valence-corrected chi connectivity index (χ4v) is 1.14. The number of nitrogens with zero attached hydrogens (tertiary/aromatic N) is 1. The van der Waals surface area contributed by atoms with Gasteiger partial charge in [-0.25, -0.2) is 4.98 Å². The van der Waals surface area contributed by atoms with E-state index in [0.717, 1.165) is 5.56 Å². The second-order valence-electron chi connectivity index (χ2n) is 2.29. The van der Waals surface area contributed by atoms with E-state index in [4.69, 9.17) is 0 Å². The zero-order chi connectivity index (χ0) is 7.30. The summed E-state index contributed by atoms with van der Waals surface area (Å²) in [6, 6.07) is 0. The van der Waals surface area contributed by atoms with E-state index in [-0.39, 0.29) is 11.3 Å². The summed E-state index contributed by atoms with van der Waals surface area (Å²) in [4.78, 5) is 14.2. The van der Waals surface area contributed by atoms with Crippen LogP contribution in [0, 0.1) is 12.9 Å². The van der Waals surface area contributed by atoms with Crippen molar-refractivity contribution in [2.75, 3.05) is 0 Å². The van der Waals surface area contributed by atoms with Crippen LogP contribution in [0.5, 0.6) is 0 Å². The Kier molecular flexibility index (Phi) is 0.787. The highest BCUT2D eigenvalue weighted by molar-refractivity contribution is 6.18. The summed E-state index contributed by atoms with van der Waals surface area (Å²) >= 11 is 0. The van der Waals surface area contributed by atoms with Crippen LogP contribution in [0.4, 0.5) is 4.39 Å². The van der Waals surface area contributed by atoms with E-state index in [1.165, 1.54) is 6.20 Å². The van der Waals surface area contributed by atoms with Crippen LogP contribution in [-0.2, 0) is 0 Å². The standard InChI is InChI=1S/C7H4FNO/c1-3-4-2-9-7(8)5(3)6(4)10/h2H,1H3. The van der Waals surface area contributed by atoms with E-state index >= 15 is 0 Å². The number of hydrogen-bond acceptors (Lipinski definition) is 2. The van der Waals surface area contributed by atoms with Gasteiger partial charge in [-0.05, 0) is 12.5 Å². The summed E-state index contributed by atoms with van der Waals surface area (Å²) in [6.07, 6.45) is 1.28. The van der Waals surface area contributed by atoms with Gasteiger partial charge in [0.25, 0.3) is 0 Å². The van der Waals surface area contributed by atoms with E-state index in [1.54, 1.807) is 6.92 Å². The third-order valence-electron chi connectivity index (χ3n) is 1.76. The summed E-state index contributed by atoms with van der Waals surface area (Å²) in [5.74, 6) is -0.845. The molecule has 2 bridgehead atoms. The fraction of sp³-hybridized carbons (Fsp3) is 0.143. The van der Waals surface area contributed by atoms with E-state index in [2.05, 4.69) is 4.98 Å². The van der Waals surface area contributed by atoms with Crippen LogP contribution in [0.2, 0.25) is 0 Å². The number of rotatable bonds is 0. The number of carbonyl (C=O) groups is 1. The number of fused-ring (bicyclic) bond motifs is 2. The first-order chi connectivity index (χ1) is 4.72. The lowest BCUT2D eigenvalue weighted by Gasteiger charge is -2.17. The molecule has 50 valence electrons. The molecule has 0 N–H and O–H groups in total. The molecular weight excluding hydrogens is 133 g/mol. The van der Waals surface area contributed by atoms with Crippen LogP contribution in [0.15, 0.2) is 6.20 Å². The van der Waals surface area contributed by atoms with Crippen molar-refractivity contribution in [2.45, 2.75) is 6.92 Å². The van der Waals surface area contributed by atoms with Crippen molar-refractivity contribution in [3.05, 3.63) is 28.8 Å². The number of aromatic nitrogens is 1. The molecule has 1 aromatic rings. The van der Waals surface area contributed by atoms with Crippen LogP contribution < -0.4 is 0 Å². The van der Waals surface area contributed by atoms with Crippen molar-refractivity contribution < 1.29 is 9.18 Å². The lowest BCUT2D eigenvalue weighted by molar-refractivity contribution is 0.101. The van der Waals surface area contributed by atoms with Crippen molar-refractivity contribution in [2.24, 2.45) is 0 Å². The van der Waals surface area contributed by atoms with Gasteiger partial charge in [-0.15, -0.1) is 0 Å². The summed E-state index contributed by atoms with van der Waals surface area (Å²) in [5.41, 5.74) is 1.45. The Labute approximate surface area is 56.7 Å². The third-order valence-corrected chi connectivity index (χ3v) is 1.76. The maximum atomic E-state index is 12.5. The molecule has 0 amide bonds. The second-order valence-corrected chi connectivity index (χ2v) is 2.29. The maximum absolute atomic E-state index is 12.5. The number of carbonyl (C=O) groups excluding carboxylic acids is 1. The van der Waals surface area contributed by atoms with Crippen LogP contribution in [-0.4, -0.2) is 10.8 Å². The van der Waals surface area contributed by atoms with Crippen molar-refractivity contribution in [1.82, 2.24) is 4.98 Å². The SMILES string of the molecule is Cc1c2cnc(F)c1C2=O. The van der Waals surface area contributed by atoms with Gasteiger partial charge in [0.15, 0.2) is 5.78 Å². The monoisotopic (exact) mass is 137 g/mol. The Morgan fingerprint density at radius 1 is 1.60 bits per heavy atom. The van der Waals surface area contributed by atoms with Crippen molar-refractivity contribution in [3.8, 4) is 0 Å². The lowest BCUT2D eigenvalue weighted by atomic mass is 9.87. The molecule has 0 unspecified atom stereocenters. The Morgan fingerprint density at radius 3 is 2.60 bits per heavy atom. The first kappa shape index (κ1) is 5.53. The highest BCUT2D eigenvalue weighted by Crippen LogP contribution is 2.28. The molecule has 2 heterocycles. The van der Waals surface area contributed by atoms with Crippen molar-refractivity contribution >= 4 is 5.78 Å². The van der Waals surface area contributed by atoms with Gasteiger partial charge in [0, 0.05) is 11.8 Å². The molecule has 10 heavy (non-hydrogen) atoms. The van der Waals surface area contributed by atoms with Crippen LogP contribution in [0.1, 0.15) is 21.5 Å². The average molecular weight is 137 g/mol. The summed E-state index contributed by atoms with van der Waals surface area (Å²) in [7, 11) is 0. The minimum Gasteiger partial charge on any atom is -0.288 e. The summed E-state index contributed by atoms with van der Waals surface area (Å²) in [6.45, 7) is 1.72. The van der Waals surface area contributed by atoms with Gasteiger partial charge in [0.2, 0.25) is 5.95 Å². The molecule has 0 fully saturated rings. The topological polar surface area (TPSA) is 30.0 Å². The highest BCUT2D eigenvalue weighted by atomic mass is 19.1. The second kappa shape index (κ2) is 1.42. The van der Waals surface area contributed by atoms with Gasteiger partial charge in [0.05, 0.1) is 5.56 Å². The molecule has 0 saturated carbocycles. The average Bonchev–Trinajstić information content (AvgIpc) is 1.88. The fourth-order valence-electron chi connectivity index (χ4n) is 1.14. The molecule has 1 aliphatic heterocycles. The van der Waals surface area contributed by atoms with Crippen LogP contribution >= 0.6 is 0 Å². The molecular formula is C7H4FNO. The van der Waals surface area contributed by atoms with Crippen LogP contribution in [0.3, 0.4) is 0 Å². The summed E-state index contributed by atoms with van der Waals surface area (Å²) in [5, 5.41) is 0. The molecule has 0 saturated heterocycles. The first-order valence-electron chi connectivity index (χ1n) is 2.91. The predicted octanol–water partition coefficient (Wildman–Crippen LogP) is 1.07. The lowest BCUT2D eigenvalue weighted by Crippen LogP contribution is -2.21. The maximum Gasteiger partial charge on any atom is 0.224 e. The molecule has 0 radical (unpaired) electrons. The van der Waals surface area contributed by atoms with Crippen molar-refractivity contribution in [3.63, 3.8) is 0 Å². The minimum atomic E-state index is -0.641. The number of ketones is 1. The van der Waals surface area contributed by atoms with Gasteiger partial charge in [-0.3, -0.25) is 4.79 Å². The molecule has 0 aromatic carbocycles. The zero-order valence-corrected chi connectivity index (χ0v) is 5.31. The Bertz CT molecular complexity index is 326. The molecule has 3 heteroatoms. The molecule has 1 aliphatic carbocycles. The van der Waals surface area contributed by atoms with Gasteiger partial charge in [0.1, 0.15) is 0 Å². The smallest absolute Gasteiger partial charge is 0.224 e. The van der Waals surface area contributed by atoms with E-state index < -0.39 is 5.95 Å². The first-order valence-corrected chi connectivity index (χ1v) is 2.91. The Balaban J connectivity index is 2.81. The molecule has 3 rings (SSSR count). The molecule has 2 aliphatic rings. The third kappa shape index (κ3) is 0.396. The van der Waals surface area contributed by atoms with Gasteiger partial charge in [-0.2, -0.15) is 4.39 Å². The molecule has 0 atom stereocenters. The normalized spacial score (nSPS) is 13.2. The number of halogens is 1. The highest BCUT2D eigenvalue weighted by Gasteiger charge is 2.30. The Hall–Kier alpha value is -1.25. The molecule has 0 spiro atoms. The number of hydrogen-bond donors (Lipinski definition) is 0. The molecule has 2 nitrogen and oxygen atoms in total. The summed E-state index contributed by atoms with van der Waals surface area (Å²) < 4.78 is 12.5. The largest absolute Gasteiger partial charge is 0.288 e. The van der Waals surface area contributed by atoms with Crippen LogP contribution in [0.25, 0.3) is 0 Å². The van der Waals surface area contributed by atoms with E-state index in [0.29, 0.717) is 5.56 Å².